The molecule has 18 heavy (non-hydrogen) atoms. The number of halogens is 1. The van der Waals surface area contributed by atoms with E-state index < -0.39 is 0 Å². The lowest BCUT2D eigenvalue weighted by Gasteiger charge is -2.60. The molecule has 5 aliphatic carbocycles. The molecule has 0 aliphatic heterocycles. The maximum absolute atomic E-state index is 12.2. The highest BCUT2D eigenvalue weighted by Gasteiger charge is 2.57. The van der Waals surface area contributed by atoms with Gasteiger partial charge in [0, 0.05) is 16.8 Å². The van der Waals surface area contributed by atoms with E-state index in [4.69, 9.17) is 0 Å². The van der Waals surface area contributed by atoms with Gasteiger partial charge in [-0.05, 0) is 68.6 Å². The van der Waals surface area contributed by atoms with Crippen LogP contribution in [0, 0.1) is 17.3 Å². The van der Waals surface area contributed by atoms with E-state index in [2.05, 4.69) is 21.2 Å². The molecule has 0 aromatic heterocycles. The third-order valence-electron chi connectivity index (χ3n) is 5.59. The van der Waals surface area contributed by atoms with E-state index in [1.54, 1.807) is 0 Å². The molecule has 0 heterocycles. The van der Waals surface area contributed by atoms with Crippen LogP contribution in [0.4, 0.5) is 0 Å². The number of hydrogen-bond donors (Lipinski definition) is 1. The summed E-state index contributed by atoms with van der Waals surface area (Å²) in [4.78, 5) is 12.2. The number of alkyl halides is 1. The van der Waals surface area contributed by atoms with Gasteiger partial charge >= 0.3 is 0 Å². The normalized spacial score (nSPS) is 49.4. The summed E-state index contributed by atoms with van der Waals surface area (Å²) in [6.07, 6.45) is 11.2. The molecule has 100 valence electrons. The van der Waals surface area contributed by atoms with Crippen molar-refractivity contribution in [1.82, 2.24) is 5.32 Å². The number of carbonyl (C=O) groups excluding carboxylic acids is 1. The number of carbonyl (C=O) groups is 1. The van der Waals surface area contributed by atoms with Gasteiger partial charge in [0.2, 0.25) is 5.91 Å². The average molecular weight is 312 g/mol. The Kier molecular flexibility index (Phi) is 2.44. The largest absolute Gasteiger partial charge is 0.353 e. The molecule has 2 unspecified atom stereocenters. The zero-order valence-electron chi connectivity index (χ0n) is 10.9. The lowest BCUT2D eigenvalue weighted by Crippen LogP contribution is -2.54. The summed E-state index contributed by atoms with van der Waals surface area (Å²) in [6.45, 7) is 0. The minimum absolute atomic E-state index is 0.329. The Balaban J connectivity index is 1.50. The lowest BCUT2D eigenvalue weighted by atomic mass is 9.48. The van der Waals surface area contributed by atoms with Crippen LogP contribution in [0.5, 0.6) is 0 Å². The van der Waals surface area contributed by atoms with E-state index in [9.17, 15) is 4.79 Å². The van der Waals surface area contributed by atoms with Crippen LogP contribution in [-0.4, -0.2) is 16.3 Å². The van der Waals surface area contributed by atoms with E-state index >= 15 is 0 Å². The Hall–Kier alpha value is -0.0500. The zero-order chi connectivity index (χ0) is 12.4. The predicted molar refractivity (Wildman–Crippen MR) is 74.6 cm³/mol. The second kappa shape index (κ2) is 3.74. The summed E-state index contributed by atoms with van der Waals surface area (Å²) in [5.74, 6) is 2.11. The second-order valence-corrected chi connectivity index (χ2v) is 9.31. The first-order valence-electron chi connectivity index (χ1n) is 7.53. The monoisotopic (exact) mass is 311 g/mol. The molecule has 0 aromatic rings. The summed E-state index contributed by atoms with van der Waals surface area (Å²) in [6, 6.07) is 0.518. The van der Waals surface area contributed by atoms with Gasteiger partial charge in [0.1, 0.15) is 0 Å². The van der Waals surface area contributed by atoms with Crippen LogP contribution < -0.4 is 5.32 Å². The molecule has 5 saturated carbocycles. The molecular weight excluding hydrogens is 290 g/mol. The molecule has 0 aromatic carbocycles. The summed E-state index contributed by atoms with van der Waals surface area (Å²) in [7, 11) is 0. The fraction of sp³-hybridized carbons (Fsp3) is 0.933. The van der Waals surface area contributed by atoms with Crippen molar-refractivity contribution in [3.8, 4) is 0 Å². The van der Waals surface area contributed by atoms with Crippen molar-refractivity contribution in [1.29, 1.82) is 0 Å². The van der Waals surface area contributed by atoms with Crippen LogP contribution in [0.1, 0.15) is 57.8 Å². The minimum atomic E-state index is 0.329. The Morgan fingerprint density at radius 1 is 1.17 bits per heavy atom. The second-order valence-electron chi connectivity index (χ2n) is 7.63. The Bertz CT molecular complexity index is 376. The maximum atomic E-state index is 12.2. The van der Waals surface area contributed by atoms with E-state index in [-0.39, 0.29) is 0 Å². The van der Waals surface area contributed by atoms with Gasteiger partial charge in [0.05, 0.1) is 0 Å². The molecule has 0 saturated heterocycles. The van der Waals surface area contributed by atoms with Gasteiger partial charge in [0.25, 0.3) is 0 Å². The third-order valence-corrected chi connectivity index (χ3v) is 6.52. The average Bonchev–Trinajstić information content (AvgIpc) is 2.95. The highest BCUT2D eigenvalue weighted by Crippen LogP contribution is 2.65. The van der Waals surface area contributed by atoms with Gasteiger partial charge in [-0.15, -0.1) is 0 Å². The van der Waals surface area contributed by atoms with Crippen molar-refractivity contribution in [2.45, 2.75) is 68.2 Å². The van der Waals surface area contributed by atoms with Crippen LogP contribution in [0.15, 0.2) is 0 Å². The summed E-state index contributed by atoms with van der Waals surface area (Å²) in [5, 5.41) is 3.19. The first-order chi connectivity index (χ1) is 8.54. The molecule has 4 atom stereocenters. The van der Waals surface area contributed by atoms with E-state index in [0.717, 1.165) is 18.3 Å². The first-order valence-corrected chi connectivity index (χ1v) is 8.32. The van der Waals surface area contributed by atoms with Gasteiger partial charge < -0.3 is 5.32 Å². The molecule has 5 fully saturated rings. The molecule has 5 rings (SSSR count). The molecule has 5 aliphatic rings. The van der Waals surface area contributed by atoms with Crippen molar-refractivity contribution in [3.05, 3.63) is 0 Å². The molecule has 0 spiro atoms. The molecule has 1 amide bonds. The van der Waals surface area contributed by atoms with Gasteiger partial charge in [0.15, 0.2) is 0 Å². The molecule has 2 nitrogen and oxygen atoms in total. The predicted octanol–water partition coefficient (Wildman–Crippen LogP) is 3.39. The zero-order valence-corrected chi connectivity index (χ0v) is 12.5. The van der Waals surface area contributed by atoms with Gasteiger partial charge in [-0.2, -0.15) is 0 Å². The minimum Gasteiger partial charge on any atom is -0.353 e. The van der Waals surface area contributed by atoms with Gasteiger partial charge in [-0.25, -0.2) is 0 Å². The fourth-order valence-corrected chi connectivity index (χ4v) is 6.90. The molecule has 4 bridgehead atoms. The van der Waals surface area contributed by atoms with Crippen LogP contribution in [0.25, 0.3) is 0 Å². The number of amides is 1. The van der Waals surface area contributed by atoms with Crippen molar-refractivity contribution >= 4 is 21.8 Å². The smallest absolute Gasteiger partial charge is 0.220 e. The summed E-state index contributed by atoms with van der Waals surface area (Å²) < 4.78 is 0.386. The van der Waals surface area contributed by atoms with Crippen LogP contribution in [-0.2, 0) is 4.79 Å². The standard InChI is InChI=1S/C15H22BrNO/c16-15-6-10-3-11(7-15)5-14(4-10,9-15)8-13(18)17-12-1-2-12/h10-12H,1-9H2,(H,17,18)/t10-,11+,14?,15?. The highest BCUT2D eigenvalue weighted by molar-refractivity contribution is 9.10. The van der Waals surface area contributed by atoms with Crippen molar-refractivity contribution in [2.75, 3.05) is 0 Å². The van der Waals surface area contributed by atoms with Crippen LogP contribution >= 0.6 is 15.9 Å². The molecular formula is C15H22BrNO. The third kappa shape index (κ3) is 2.03. The van der Waals surface area contributed by atoms with E-state index in [1.807, 2.05) is 0 Å². The molecule has 1 N–H and O–H groups in total. The fourth-order valence-electron chi connectivity index (χ4n) is 5.39. The summed E-state index contributed by atoms with van der Waals surface area (Å²) in [5.41, 5.74) is 0.340. The first kappa shape index (κ1) is 11.7. The van der Waals surface area contributed by atoms with Crippen molar-refractivity contribution in [3.63, 3.8) is 0 Å². The van der Waals surface area contributed by atoms with Crippen molar-refractivity contribution < 1.29 is 4.79 Å². The number of rotatable bonds is 3. The van der Waals surface area contributed by atoms with Gasteiger partial charge in [-0.1, -0.05) is 15.9 Å². The maximum Gasteiger partial charge on any atom is 0.220 e. The SMILES string of the molecule is O=C(CC12C[C@@H]3C[C@@H](CC(Br)(C3)C1)C2)NC1CC1. The lowest BCUT2D eigenvalue weighted by molar-refractivity contribution is -0.128. The number of nitrogens with one attached hydrogen (secondary N) is 1. The molecule has 3 heteroatoms. The van der Waals surface area contributed by atoms with Gasteiger partial charge in [-0.3, -0.25) is 4.79 Å². The quantitative estimate of drug-likeness (QED) is 0.795. The Labute approximate surface area is 117 Å². The number of hydrogen-bond acceptors (Lipinski definition) is 1. The van der Waals surface area contributed by atoms with E-state index in [0.29, 0.717) is 21.7 Å². The highest BCUT2D eigenvalue weighted by atomic mass is 79.9. The molecule has 0 radical (unpaired) electrons. The van der Waals surface area contributed by atoms with Crippen molar-refractivity contribution in [2.24, 2.45) is 17.3 Å². The summed E-state index contributed by atoms with van der Waals surface area (Å²) >= 11 is 4.01. The Morgan fingerprint density at radius 3 is 2.39 bits per heavy atom. The topological polar surface area (TPSA) is 29.1 Å². The van der Waals surface area contributed by atoms with E-state index in [1.165, 1.54) is 51.4 Å². The Morgan fingerprint density at radius 2 is 1.83 bits per heavy atom. The van der Waals surface area contributed by atoms with Crippen LogP contribution in [0.2, 0.25) is 0 Å². The van der Waals surface area contributed by atoms with Crippen LogP contribution in [0.3, 0.4) is 0 Å².